The molecule has 1 aliphatic rings. The van der Waals surface area contributed by atoms with Crippen LogP contribution in [0.1, 0.15) is 82.5 Å². The largest absolute Gasteiger partial charge is 0.480 e. The molecular weight excluding hydrogens is 777 g/mol. The van der Waals surface area contributed by atoms with Crippen molar-refractivity contribution in [2.45, 2.75) is 108 Å². The van der Waals surface area contributed by atoms with Crippen LogP contribution in [0.2, 0.25) is 0 Å². The van der Waals surface area contributed by atoms with Gasteiger partial charge < -0.3 is 58.6 Å². The number of primary amides is 1. The molecule has 1 aromatic heterocycles. The first kappa shape index (κ1) is 46.6. The fourth-order valence-electron chi connectivity index (χ4n) is 7.36. The van der Waals surface area contributed by atoms with Gasteiger partial charge in [0.15, 0.2) is 17.4 Å². The normalized spacial score (nSPS) is 16.9. The van der Waals surface area contributed by atoms with E-state index in [1.165, 1.54) is 17.9 Å². The fraction of sp³-hybridized carbons (Fsp3) is 0.512. The molecule has 1 fully saturated rings. The van der Waals surface area contributed by atoms with Crippen LogP contribution in [0.4, 0.5) is 0 Å². The number of rotatable bonds is 22. The average molecular weight is 835 g/mol. The summed E-state index contributed by atoms with van der Waals surface area (Å²) < 4.78 is 0. The zero-order valence-corrected chi connectivity index (χ0v) is 34.2. The van der Waals surface area contributed by atoms with E-state index < -0.39 is 71.8 Å². The van der Waals surface area contributed by atoms with Crippen molar-refractivity contribution in [1.29, 1.82) is 0 Å². The van der Waals surface area contributed by atoms with Crippen LogP contribution >= 0.6 is 0 Å². The number of carbonyl (C=O) groups excluding carboxylic acids is 5. The third kappa shape index (κ3) is 12.0. The second kappa shape index (κ2) is 21.8. The minimum Gasteiger partial charge on any atom is -0.480 e. The van der Waals surface area contributed by atoms with E-state index in [1.54, 1.807) is 36.4 Å². The van der Waals surface area contributed by atoms with Gasteiger partial charge >= 0.3 is 5.97 Å². The number of pyridine rings is 1. The number of fused-ring (bicyclic) bond motifs is 2. The fourth-order valence-corrected chi connectivity index (χ4v) is 7.36. The van der Waals surface area contributed by atoms with Gasteiger partial charge in [-0.3, -0.25) is 33.8 Å². The molecule has 13 N–H and O–H groups in total. The highest BCUT2D eigenvalue weighted by molar-refractivity contribution is 6.09. The lowest BCUT2D eigenvalue weighted by Crippen LogP contribution is -2.58. The summed E-state index contributed by atoms with van der Waals surface area (Å²) in [7, 11) is 0. The van der Waals surface area contributed by atoms with E-state index in [0.29, 0.717) is 36.7 Å². The molecule has 1 aliphatic heterocycles. The molecule has 1 saturated heterocycles. The highest BCUT2D eigenvalue weighted by Crippen LogP contribution is 2.22. The first-order valence-corrected chi connectivity index (χ1v) is 20.3. The lowest BCUT2D eigenvalue weighted by Gasteiger charge is -2.30. The number of guanidine groups is 1. The van der Waals surface area contributed by atoms with Crippen LogP contribution in [-0.4, -0.2) is 118 Å². The predicted molar refractivity (Wildman–Crippen MR) is 225 cm³/mol. The molecule has 5 amide bonds. The molecule has 0 bridgehead atoms. The number of aromatic amines is 1. The van der Waals surface area contributed by atoms with E-state index in [2.05, 4.69) is 31.2 Å². The molecule has 0 spiro atoms. The number of aliphatic hydroxyl groups is 1. The number of para-hydroxylation sites is 2. The highest BCUT2D eigenvalue weighted by atomic mass is 16.4. The van der Waals surface area contributed by atoms with E-state index in [9.17, 15) is 43.8 Å². The van der Waals surface area contributed by atoms with Crippen molar-refractivity contribution < 1.29 is 39.0 Å². The molecule has 19 nitrogen and oxygen atoms in total. The van der Waals surface area contributed by atoms with Crippen molar-refractivity contribution in [1.82, 2.24) is 31.2 Å². The van der Waals surface area contributed by atoms with E-state index in [1.807, 2.05) is 13.8 Å². The minimum atomic E-state index is -1.66. The Morgan fingerprint density at radius 1 is 0.900 bits per heavy atom. The number of carboxylic acids is 1. The maximum Gasteiger partial charge on any atom is 0.328 e. The maximum absolute atomic E-state index is 14.4. The van der Waals surface area contributed by atoms with Crippen molar-refractivity contribution in [2.24, 2.45) is 28.1 Å². The molecule has 326 valence electrons. The number of likely N-dealkylation sites (tertiary alicyclic amines) is 1. The van der Waals surface area contributed by atoms with Gasteiger partial charge in [0, 0.05) is 29.4 Å². The maximum atomic E-state index is 14.4. The van der Waals surface area contributed by atoms with Crippen LogP contribution in [0.15, 0.2) is 52.3 Å². The Balaban J connectivity index is 1.55. The SMILES string of the molecule is CC[C@H](C)[C@H](NCCCC[C@H](NC(=O)[C@@H]1CCCN1C(=O)[C@H](CCCN=C(N)N)NC(=O)c1cccc2c(=O)c3ccccc3[nH]c12)C(=O)N[C@H](C(=O)O)[C@@H](C)O)C(N)=O. The number of hydrogen-bond donors (Lipinski definition) is 10. The van der Waals surface area contributed by atoms with Crippen molar-refractivity contribution in [3.8, 4) is 0 Å². The molecule has 0 unspecified atom stereocenters. The number of H-pyrrole nitrogens is 1. The summed E-state index contributed by atoms with van der Waals surface area (Å²) in [4.78, 5) is 101. The topological polar surface area (TPSA) is 318 Å². The molecular formula is C41H58N10O9. The van der Waals surface area contributed by atoms with Crippen molar-refractivity contribution in [3.63, 3.8) is 0 Å². The smallest absolute Gasteiger partial charge is 0.328 e. The van der Waals surface area contributed by atoms with Gasteiger partial charge in [0.05, 0.1) is 23.2 Å². The standard InChI is InChI=1S/C41H58N10O9/c1-4-22(2)31(35(42)54)45-19-8-7-16-28(37(56)50-32(23(3)52)40(59)60)48-38(57)30-18-11-21-51(30)39(58)29(17-10-20-46-41(43)44)49-36(55)26-14-9-13-25-33(26)47-27-15-6-5-12-24(27)34(25)53/h5-6,9,12-15,22-23,28-32,45,52H,4,7-8,10-11,16-21H2,1-3H3,(H2,42,54)(H,47,53)(H,48,57)(H,49,55)(H,50,56)(H,59,60)(H4,43,44,46)/t22-,23+,28-,29-,30-,31-,32-/m0/s1. The summed E-state index contributed by atoms with van der Waals surface area (Å²) in [5.74, 6) is -4.85. The number of nitrogens with zero attached hydrogens (tertiary/aromatic N) is 2. The predicted octanol–water partition coefficient (Wildman–Crippen LogP) is -0.0808. The quantitative estimate of drug-likeness (QED) is 0.0275. The van der Waals surface area contributed by atoms with Crippen molar-refractivity contribution in [3.05, 3.63) is 58.3 Å². The van der Waals surface area contributed by atoms with Gasteiger partial charge in [-0.1, -0.05) is 38.5 Å². The van der Waals surface area contributed by atoms with Gasteiger partial charge in [-0.15, -0.1) is 0 Å². The number of carboxylic acid groups (broad SMARTS) is 1. The monoisotopic (exact) mass is 834 g/mol. The number of aromatic nitrogens is 1. The second-order valence-electron chi connectivity index (χ2n) is 15.2. The van der Waals surface area contributed by atoms with Crippen LogP contribution in [0.25, 0.3) is 21.8 Å². The molecule has 7 atom stereocenters. The van der Waals surface area contributed by atoms with Gasteiger partial charge in [-0.05, 0) is 88.6 Å². The molecule has 19 heteroatoms. The van der Waals surface area contributed by atoms with Gasteiger partial charge in [0.2, 0.25) is 23.6 Å². The van der Waals surface area contributed by atoms with Crippen LogP contribution in [-0.2, 0) is 24.0 Å². The third-order valence-electron chi connectivity index (χ3n) is 10.9. The Labute approximate surface area is 347 Å². The number of amides is 5. The summed E-state index contributed by atoms with van der Waals surface area (Å²) >= 11 is 0. The molecule has 2 aromatic carbocycles. The van der Waals surface area contributed by atoms with Crippen molar-refractivity contribution in [2.75, 3.05) is 19.6 Å². The number of aliphatic carboxylic acids is 1. The molecule has 0 radical (unpaired) electrons. The molecule has 2 heterocycles. The molecule has 0 saturated carbocycles. The summed E-state index contributed by atoms with van der Waals surface area (Å²) in [6.45, 7) is 5.73. The molecule has 3 aromatic rings. The van der Waals surface area contributed by atoms with E-state index >= 15 is 0 Å². The van der Waals surface area contributed by atoms with Crippen LogP contribution in [0, 0.1) is 5.92 Å². The number of hydrogen-bond acceptors (Lipinski definition) is 10. The number of nitrogens with two attached hydrogens (primary N) is 3. The van der Waals surface area contributed by atoms with Crippen molar-refractivity contribution >= 4 is 63.3 Å². The first-order valence-electron chi connectivity index (χ1n) is 20.3. The van der Waals surface area contributed by atoms with Crippen LogP contribution in [0.3, 0.4) is 0 Å². The summed E-state index contributed by atoms with van der Waals surface area (Å²) in [6, 6.07) is 5.94. The van der Waals surface area contributed by atoms with E-state index in [4.69, 9.17) is 17.2 Å². The third-order valence-corrected chi connectivity index (χ3v) is 10.9. The van der Waals surface area contributed by atoms with Gasteiger partial charge in [-0.25, -0.2) is 4.79 Å². The van der Waals surface area contributed by atoms with E-state index in [-0.39, 0.29) is 72.5 Å². The van der Waals surface area contributed by atoms with Crippen LogP contribution < -0.4 is 43.9 Å². The zero-order valence-electron chi connectivity index (χ0n) is 34.2. The number of nitrogens with one attached hydrogen (secondary N) is 5. The highest BCUT2D eigenvalue weighted by Gasteiger charge is 2.39. The number of unbranched alkanes of at least 4 members (excludes halogenated alkanes) is 1. The number of aliphatic imine (C=N–C) groups is 1. The molecule has 4 rings (SSSR count). The lowest BCUT2D eigenvalue weighted by atomic mass is 9.98. The Morgan fingerprint density at radius 3 is 2.27 bits per heavy atom. The molecule has 0 aliphatic carbocycles. The van der Waals surface area contributed by atoms with Gasteiger partial charge in [0.25, 0.3) is 5.91 Å². The number of aliphatic hydroxyl groups excluding tert-OH is 1. The average Bonchev–Trinajstić information content (AvgIpc) is 3.71. The lowest BCUT2D eigenvalue weighted by molar-refractivity contribution is -0.145. The Hall–Kier alpha value is -6.08. The Bertz CT molecular complexity index is 2120. The van der Waals surface area contributed by atoms with Gasteiger partial charge in [0.1, 0.15) is 18.1 Å². The minimum absolute atomic E-state index is 0.0125. The summed E-state index contributed by atoms with van der Waals surface area (Å²) in [5, 5.41) is 31.3. The first-order chi connectivity index (χ1) is 28.5. The summed E-state index contributed by atoms with van der Waals surface area (Å²) in [6.07, 6.45) is 1.18. The Kier molecular flexibility index (Phi) is 16.9. The zero-order chi connectivity index (χ0) is 44.1. The Morgan fingerprint density at radius 2 is 1.60 bits per heavy atom. The van der Waals surface area contributed by atoms with E-state index in [0.717, 1.165) is 6.42 Å². The number of carbonyl (C=O) groups is 6. The second-order valence-corrected chi connectivity index (χ2v) is 15.2. The van der Waals surface area contributed by atoms with Gasteiger partial charge in [-0.2, -0.15) is 0 Å². The van der Waals surface area contributed by atoms with Crippen LogP contribution in [0.5, 0.6) is 0 Å². The summed E-state index contributed by atoms with van der Waals surface area (Å²) in [5.41, 5.74) is 17.2. The number of benzene rings is 2. The molecule has 60 heavy (non-hydrogen) atoms.